The third-order valence-corrected chi connectivity index (χ3v) is 2.16. The number of hydrogen-bond donors (Lipinski definition) is 2. The SMILES string of the molecule is O=C(O)c1ccc(C(=O)O)c2c1C=C2. The summed E-state index contributed by atoms with van der Waals surface area (Å²) in [5.41, 5.74) is 1.29. The Hall–Kier alpha value is -2.10. The van der Waals surface area contributed by atoms with Gasteiger partial charge in [-0.1, -0.05) is 12.2 Å². The van der Waals surface area contributed by atoms with Gasteiger partial charge in [-0.3, -0.25) is 0 Å². The van der Waals surface area contributed by atoms with Gasteiger partial charge in [-0.15, -0.1) is 0 Å². The first-order chi connectivity index (χ1) is 6.61. The van der Waals surface area contributed by atoms with Crippen molar-refractivity contribution >= 4 is 24.1 Å². The molecule has 0 bridgehead atoms. The summed E-state index contributed by atoms with van der Waals surface area (Å²) in [7, 11) is 0. The number of carboxylic acids is 2. The van der Waals surface area contributed by atoms with Crippen molar-refractivity contribution in [2.45, 2.75) is 0 Å². The van der Waals surface area contributed by atoms with Gasteiger partial charge in [0.05, 0.1) is 11.1 Å². The van der Waals surface area contributed by atoms with E-state index >= 15 is 0 Å². The molecule has 0 saturated carbocycles. The highest BCUT2D eigenvalue weighted by Crippen LogP contribution is 2.30. The van der Waals surface area contributed by atoms with Crippen LogP contribution in [0.1, 0.15) is 31.8 Å². The second-order valence-corrected chi connectivity index (χ2v) is 2.93. The van der Waals surface area contributed by atoms with Gasteiger partial charge in [0, 0.05) is 0 Å². The summed E-state index contributed by atoms with van der Waals surface area (Å²) < 4.78 is 0. The molecule has 2 rings (SSSR count). The largest absolute Gasteiger partial charge is 0.478 e. The van der Waals surface area contributed by atoms with Crippen molar-refractivity contribution in [3.8, 4) is 0 Å². The number of benzene rings is 1. The zero-order chi connectivity index (χ0) is 10.3. The number of fused-ring (bicyclic) bond motifs is 1. The molecule has 1 aliphatic rings. The molecule has 1 aliphatic carbocycles. The molecule has 0 atom stereocenters. The molecule has 0 spiro atoms. The fraction of sp³-hybridized carbons (Fsp3) is 0. The van der Waals surface area contributed by atoms with Crippen molar-refractivity contribution in [1.82, 2.24) is 0 Å². The first-order valence-corrected chi connectivity index (χ1v) is 3.93. The molecular weight excluding hydrogens is 184 g/mol. The molecule has 1 aromatic carbocycles. The Morgan fingerprint density at radius 1 is 0.857 bits per heavy atom. The van der Waals surface area contributed by atoms with Crippen LogP contribution in [0.3, 0.4) is 0 Å². The van der Waals surface area contributed by atoms with Gasteiger partial charge in [-0.25, -0.2) is 9.59 Å². The second-order valence-electron chi connectivity index (χ2n) is 2.93. The lowest BCUT2D eigenvalue weighted by atomic mass is 9.88. The van der Waals surface area contributed by atoms with Crippen molar-refractivity contribution in [2.24, 2.45) is 0 Å². The first kappa shape index (κ1) is 8.50. The Morgan fingerprint density at radius 2 is 1.21 bits per heavy atom. The first-order valence-electron chi connectivity index (χ1n) is 3.93. The summed E-state index contributed by atoms with van der Waals surface area (Å²) in [6.07, 6.45) is 3.20. The molecule has 0 heterocycles. The van der Waals surface area contributed by atoms with E-state index in [0.717, 1.165) is 0 Å². The summed E-state index contributed by atoms with van der Waals surface area (Å²) in [5, 5.41) is 17.5. The predicted octanol–water partition coefficient (Wildman–Crippen LogP) is 1.57. The fourth-order valence-electron chi connectivity index (χ4n) is 1.44. The van der Waals surface area contributed by atoms with Crippen molar-refractivity contribution in [3.63, 3.8) is 0 Å². The molecule has 0 aromatic heterocycles. The molecule has 0 unspecified atom stereocenters. The summed E-state index contributed by atoms with van der Waals surface area (Å²) in [6, 6.07) is 2.63. The monoisotopic (exact) mass is 190 g/mol. The van der Waals surface area contributed by atoms with Gasteiger partial charge in [0.25, 0.3) is 0 Å². The molecule has 0 radical (unpaired) electrons. The fourth-order valence-corrected chi connectivity index (χ4v) is 1.44. The van der Waals surface area contributed by atoms with Gasteiger partial charge in [-0.2, -0.15) is 0 Å². The minimum atomic E-state index is -1.04. The van der Waals surface area contributed by atoms with Crippen LogP contribution in [0.4, 0.5) is 0 Å². The summed E-state index contributed by atoms with van der Waals surface area (Å²) >= 11 is 0. The van der Waals surface area contributed by atoms with E-state index in [1.165, 1.54) is 12.1 Å². The van der Waals surface area contributed by atoms with Gasteiger partial charge in [-0.05, 0) is 23.3 Å². The van der Waals surface area contributed by atoms with Gasteiger partial charge >= 0.3 is 11.9 Å². The van der Waals surface area contributed by atoms with Gasteiger partial charge in [0.15, 0.2) is 0 Å². The molecule has 14 heavy (non-hydrogen) atoms. The number of aromatic carboxylic acids is 2. The summed E-state index contributed by atoms with van der Waals surface area (Å²) in [5.74, 6) is -2.08. The van der Waals surface area contributed by atoms with E-state index in [0.29, 0.717) is 11.1 Å². The van der Waals surface area contributed by atoms with Crippen LogP contribution in [0.2, 0.25) is 0 Å². The molecule has 4 nitrogen and oxygen atoms in total. The normalized spacial score (nSPS) is 11.7. The van der Waals surface area contributed by atoms with E-state index in [4.69, 9.17) is 10.2 Å². The van der Waals surface area contributed by atoms with Gasteiger partial charge in [0.1, 0.15) is 0 Å². The van der Waals surface area contributed by atoms with Crippen molar-refractivity contribution in [1.29, 1.82) is 0 Å². The lowest BCUT2D eigenvalue weighted by Crippen LogP contribution is -2.10. The molecule has 0 amide bonds. The molecule has 0 aliphatic heterocycles. The average molecular weight is 190 g/mol. The van der Waals surface area contributed by atoms with Crippen molar-refractivity contribution in [2.75, 3.05) is 0 Å². The average Bonchev–Trinajstić information content (AvgIpc) is 2.04. The van der Waals surface area contributed by atoms with Crippen LogP contribution in [-0.4, -0.2) is 22.2 Å². The highest BCUT2D eigenvalue weighted by Gasteiger charge is 2.21. The zero-order valence-corrected chi connectivity index (χ0v) is 7.02. The highest BCUT2D eigenvalue weighted by atomic mass is 16.4. The van der Waals surface area contributed by atoms with Crippen LogP contribution >= 0.6 is 0 Å². The van der Waals surface area contributed by atoms with Crippen LogP contribution in [-0.2, 0) is 0 Å². The highest BCUT2D eigenvalue weighted by molar-refractivity contribution is 6.06. The molecule has 0 saturated heterocycles. The number of hydrogen-bond acceptors (Lipinski definition) is 2. The van der Waals surface area contributed by atoms with E-state index in [1.54, 1.807) is 12.2 Å². The topological polar surface area (TPSA) is 74.6 Å². The lowest BCUT2D eigenvalue weighted by molar-refractivity contribution is 0.0680. The maximum atomic E-state index is 10.7. The lowest BCUT2D eigenvalue weighted by Gasteiger charge is -2.15. The van der Waals surface area contributed by atoms with E-state index in [-0.39, 0.29) is 11.1 Å². The zero-order valence-electron chi connectivity index (χ0n) is 7.02. The Kier molecular flexibility index (Phi) is 1.64. The summed E-state index contributed by atoms with van der Waals surface area (Å²) in [4.78, 5) is 21.4. The molecular formula is C10H6O4. The van der Waals surface area contributed by atoms with E-state index < -0.39 is 11.9 Å². The van der Waals surface area contributed by atoms with Crippen LogP contribution < -0.4 is 0 Å². The Balaban J connectivity index is 2.62. The van der Waals surface area contributed by atoms with Crippen molar-refractivity contribution in [3.05, 3.63) is 34.4 Å². The number of carbonyl (C=O) groups is 2. The van der Waals surface area contributed by atoms with Crippen LogP contribution in [0, 0.1) is 0 Å². The van der Waals surface area contributed by atoms with E-state index in [2.05, 4.69) is 0 Å². The predicted molar refractivity (Wildman–Crippen MR) is 49.3 cm³/mol. The van der Waals surface area contributed by atoms with E-state index in [1.807, 2.05) is 0 Å². The van der Waals surface area contributed by atoms with Crippen molar-refractivity contribution < 1.29 is 19.8 Å². The molecule has 0 fully saturated rings. The minimum absolute atomic E-state index is 0.146. The van der Waals surface area contributed by atoms with Crippen LogP contribution in [0.5, 0.6) is 0 Å². The summed E-state index contributed by atoms with van der Waals surface area (Å²) in [6.45, 7) is 0. The van der Waals surface area contributed by atoms with Gasteiger partial charge < -0.3 is 10.2 Å². The maximum Gasteiger partial charge on any atom is 0.336 e. The minimum Gasteiger partial charge on any atom is -0.478 e. The smallest absolute Gasteiger partial charge is 0.336 e. The maximum absolute atomic E-state index is 10.7. The molecule has 2 N–H and O–H groups in total. The molecule has 70 valence electrons. The standard InChI is InChI=1S/C10H6O4/c11-9(12)7-3-4-8(10(13)14)6-2-1-5(6)7/h1-4H,(H,11,12)(H,13,14). The Labute approximate surface area is 79.1 Å². The quantitative estimate of drug-likeness (QED) is 0.753. The molecule has 4 heteroatoms. The third kappa shape index (κ3) is 1.01. The second kappa shape index (κ2) is 2.70. The Morgan fingerprint density at radius 3 is 1.43 bits per heavy atom. The Bertz CT molecular complexity index is 428. The van der Waals surface area contributed by atoms with Crippen LogP contribution in [0.15, 0.2) is 12.1 Å². The number of carboxylic acid groups (broad SMARTS) is 2. The number of rotatable bonds is 2. The van der Waals surface area contributed by atoms with Crippen LogP contribution in [0.25, 0.3) is 12.2 Å². The van der Waals surface area contributed by atoms with Gasteiger partial charge in [0.2, 0.25) is 0 Å². The third-order valence-electron chi connectivity index (χ3n) is 2.16. The molecule has 1 aromatic rings. The van der Waals surface area contributed by atoms with E-state index in [9.17, 15) is 9.59 Å².